The maximum Gasteiger partial charge on any atom is 0.259 e. The third-order valence-electron chi connectivity index (χ3n) is 6.31. The third-order valence-corrected chi connectivity index (χ3v) is 7.04. The summed E-state index contributed by atoms with van der Waals surface area (Å²) in [5, 5.41) is 7.47. The van der Waals surface area contributed by atoms with Crippen molar-refractivity contribution in [2.75, 3.05) is 24.7 Å². The summed E-state index contributed by atoms with van der Waals surface area (Å²) in [6.07, 6.45) is 8.66. The van der Waals surface area contributed by atoms with Crippen molar-refractivity contribution in [3.63, 3.8) is 0 Å². The summed E-state index contributed by atoms with van der Waals surface area (Å²) in [6, 6.07) is 17.4. The molecule has 0 bridgehead atoms. The van der Waals surface area contributed by atoms with Crippen LogP contribution in [0, 0.1) is 11.7 Å². The molecular formula is C27H26FN5O2S. The standard InChI is InChI=1S/C27H26FN5O2S/c1-36-23-8-4-7-21(16-23)30-25(34)19-6-5-15-32(18-19)27(35)24-17-29-33(22-11-9-20(28)10-12-22)26(24)31-13-2-3-14-31/h2-4,7-14,16-17,19H,5-6,15,18H2,1H3,(H,30,34)/t19-/m1/s1. The molecule has 2 aromatic heterocycles. The van der Waals surface area contributed by atoms with Crippen LogP contribution >= 0.6 is 11.8 Å². The number of hydrogen-bond acceptors (Lipinski definition) is 4. The molecule has 5 rings (SSSR count). The van der Waals surface area contributed by atoms with E-state index in [0.29, 0.717) is 30.2 Å². The second-order valence-corrected chi connectivity index (χ2v) is 9.55. The molecule has 0 unspecified atom stereocenters. The monoisotopic (exact) mass is 503 g/mol. The molecule has 1 aliphatic heterocycles. The molecular weight excluding hydrogens is 477 g/mol. The first-order chi connectivity index (χ1) is 17.5. The van der Waals surface area contributed by atoms with E-state index in [4.69, 9.17) is 0 Å². The topological polar surface area (TPSA) is 72.2 Å². The van der Waals surface area contributed by atoms with Gasteiger partial charge in [-0.3, -0.25) is 9.59 Å². The normalized spacial score (nSPS) is 15.6. The lowest BCUT2D eigenvalue weighted by Gasteiger charge is -2.32. The minimum absolute atomic E-state index is 0.0848. The molecule has 1 N–H and O–H groups in total. The summed E-state index contributed by atoms with van der Waals surface area (Å²) in [7, 11) is 0. The Kier molecular flexibility index (Phi) is 6.90. The second kappa shape index (κ2) is 10.4. The van der Waals surface area contributed by atoms with E-state index in [-0.39, 0.29) is 23.5 Å². The predicted octanol–water partition coefficient (Wildman–Crippen LogP) is 5.01. The number of likely N-dealkylation sites (tertiary alicyclic amines) is 1. The molecule has 7 nitrogen and oxygen atoms in total. The summed E-state index contributed by atoms with van der Waals surface area (Å²) < 4.78 is 16.9. The summed E-state index contributed by atoms with van der Waals surface area (Å²) in [6.45, 7) is 0.900. The Labute approximate surface area is 212 Å². The first-order valence-electron chi connectivity index (χ1n) is 11.7. The molecule has 0 spiro atoms. The largest absolute Gasteiger partial charge is 0.338 e. The molecule has 3 heterocycles. The zero-order chi connectivity index (χ0) is 25.1. The zero-order valence-electron chi connectivity index (χ0n) is 19.8. The fraction of sp³-hybridized carbons (Fsp3) is 0.222. The van der Waals surface area contributed by atoms with E-state index in [0.717, 1.165) is 23.4 Å². The van der Waals surface area contributed by atoms with Crippen LogP contribution in [0.4, 0.5) is 10.1 Å². The molecule has 0 saturated carbocycles. The number of anilines is 1. The van der Waals surface area contributed by atoms with Crippen molar-refractivity contribution in [2.45, 2.75) is 17.7 Å². The van der Waals surface area contributed by atoms with Crippen molar-refractivity contribution in [1.82, 2.24) is 19.2 Å². The molecule has 0 radical (unpaired) electrons. The fourth-order valence-corrected chi connectivity index (χ4v) is 4.94. The molecule has 184 valence electrons. The molecule has 2 amide bonds. The molecule has 36 heavy (non-hydrogen) atoms. The average molecular weight is 504 g/mol. The Morgan fingerprint density at radius 2 is 1.86 bits per heavy atom. The van der Waals surface area contributed by atoms with Gasteiger partial charge in [0, 0.05) is 36.1 Å². The minimum atomic E-state index is -0.345. The Morgan fingerprint density at radius 3 is 2.61 bits per heavy atom. The Bertz CT molecular complexity index is 1370. The van der Waals surface area contributed by atoms with Crippen molar-refractivity contribution in [2.24, 2.45) is 5.92 Å². The van der Waals surface area contributed by atoms with E-state index in [2.05, 4.69) is 10.4 Å². The highest BCUT2D eigenvalue weighted by molar-refractivity contribution is 7.98. The van der Waals surface area contributed by atoms with Gasteiger partial charge in [-0.15, -0.1) is 11.8 Å². The highest BCUT2D eigenvalue weighted by atomic mass is 32.2. The van der Waals surface area contributed by atoms with Crippen LogP contribution in [0.5, 0.6) is 0 Å². The SMILES string of the molecule is CSc1cccc(NC(=O)[C@@H]2CCCN(C(=O)c3cnn(-c4ccc(F)cc4)c3-n3cccc3)C2)c1. The van der Waals surface area contributed by atoms with Crippen molar-refractivity contribution >= 4 is 29.3 Å². The van der Waals surface area contributed by atoms with Gasteiger partial charge in [0.05, 0.1) is 17.8 Å². The number of nitrogens with one attached hydrogen (secondary N) is 1. The predicted molar refractivity (Wildman–Crippen MR) is 138 cm³/mol. The summed E-state index contributed by atoms with van der Waals surface area (Å²) in [5.74, 6) is -0.352. The molecule has 1 aliphatic rings. The average Bonchev–Trinajstić information content (AvgIpc) is 3.59. The lowest BCUT2D eigenvalue weighted by Crippen LogP contribution is -2.44. The molecule has 2 aromatic carbocycles. The number of benzene rings is 2. The molecule has 9 heteroatoms. The number of thioether (sulfide) groups is 1. The molecule has 4 aromatic rings. The Balaban J connectivity index is 1.38. The zero-order valence-corrected chi connectivity index (χ0v) is 20.6. The quantitative estimate of drug-likeness (QED) is 0.375. The van der Waals surface area contributed by atoms with Gasteiger partial charge < -0.3 is 14.8 Å². The van der Waals surface area contributed by atoms with Crippen LogP contribution in [0.2, 0.25) is 0 Å². The first kappa shape index (κ1) is 23.9. The van der Waals surface area contributed by atoms with Crippen LogP contribution in [-0.4, -0.2) is 50.4 Å². The third kappa shape index (κ3) is 4.92. The number of halogens is 1. The van der Waals surface area contributed by atoms with Crippen LogP contribution < -0.4 is 5.32 Å². The maximum absolute atomic E-state index is 13.7. The number of piperidine rings is 1. The van der Waals surface area contributed by atoms with E-state index in [1.165, 1.54) is 12.1 Å². The number of nitrogens with zero attached hydrogens (tertiary/aromatic N) is 4. The van der Waals surface area contributed by atoms with Crippen LogP contribution in [0.1, 0.15) is 23.2 Å². The number of carbonyl (C=O) groups is 2. The number of amides is 2. The van der Waals surface area contributed by atoms with Gasteiger partial charge in [0.1, 0.15) is 11.4 Å². The maximum atomic E-state index is 13.7. The van der Waals surface area contributed by atoms with Crippen LogP contribution in [-0.2, 0) is 4.79 Å². The summed E-state index contributed by atoms with van der Waals surface area (Å²) >= 11 is 1.62. The number of rotatable bonds is 6. The first-order valence-corrected chi connectivity index (χ1v) is 13.0. The van der Waals surface area contributed by atoms with E-state index < -0.39 is 0 Å². The van der Waals surface area contributed by atoms with Crippen LogP contribution in [0.3, 0.4) is 0 Å². The molecule has 1 atom stereocenters. The molecule has 1 saturated heterocycles. The smallest absolute Gasteiger partial charge is 0.259 e. The lowest BCUT2D eigenvalue weighted by atomic mass is 9.96. The van der Waals surface area contributed by atoms with Crippen molar-refractivity contribution in [3.8, 4) is 11.5 Å². The van der Waals surface area contributed by atoms with Gasteiger partial charge >= 0.3 is 0 Å². The highest BCUT2D eigenvalue weighted by Crippen LogP contribution is 2.26. The van der Waals surface area contributed by atoms with Gasteiger partial charge in [-0.25, -0.2) is 9.07 Å². The number of hydrogen-bond donors (Lipinski definition) is 1. The highest BCUT2D eigenvalue weighted by Gasteiger charge is 2.31. The number of aromatic nitrogens is 3. The van der Waals surface area contributed by atoms with E-state index in [9.17, 15) is 14.0 Å². The van der Waals surface area contributed by atoms with Gasteiger partial charge in [-0.05, 0) is 73.7 Å². The van der Waals surface area contributed by atoms with Crippen molar-refractivity contribution in [3.05, 3.63) is 90.6 Å². The summed E-state index contributed by atoms with van der Waals surface area (Å²) in [4.78, 5) is 29.5. The Morgan fingerprint density at radius 1 is 1.08 bits per heavy atom. The fourth-order valence-electron chi connectivity index (χ4n) is 4.48. The van der Waals surface area contributed by atoms with Gasteiger partial charge in [0.15, 0.2) is 5.82 Å². The van der Waals surface area contributed by atoms with Crippen molar-refractivity contribution in [1.29, 1.82) is 0 Å². The minimum Gasteiger partial charge on any atom is -0.338 e. The van der Waals surface area contributed by atoms with Crippen molar-refractivity contribution < 1.29 is 14.0 Å². The van der Waals surface area contributed by atoms with E-state index >= 15 is 0 Å². The summed E-state index contributed by atoms with van der Waals surface area (Å²) in [5.41, 5.74) is 1.82. The van der Waals surface area contributed by atoms with Crippen LogP contribution in [0.25, 0.3) is 11.5 Å². The molecule has 1 fully saturated rings. The number of carbonyl (C=O) groups excluding carboxylic acids is 2. The van der Waals surface area contributed by atoms with E-state index in [1.807, 2.05) is 59.6 Å². The van der Waals surface area contributed by atoms with Gasteiger partial charge in [-0.1, -0.05) is 6.07 Å². The van der Waals surface area contributed by atoms with Crippen LogP contribution in [0.15, 0.2) is 84.1 Å². The second-order valence-electron chi connectivity index (χ2n) is 8.67. The van der Waals surface area contributed by atoms with E-state index in [1.54, 1.807) is 39.7 Å². The van der Waals surface area contributed by atoms with Gasteiger partial charge in [-0.2, -0.15) is 5.10 Å². The molecule has 0 aliphatic carbocycles. The lowest BCUT2D eigenvalue weighted by molar-refractivity contribution is -0.121. The van der Waals surface area contributed by atoms with Gasteiger partial charge in [0.2, 0.25) is 5.91 Å². The van der Waals surface area contributed by atoms with Gasteiger partial charge in [0.25, 0.3) is 5.91 Å². The Hall–Kier alpha value is -3.85.